The summed E-state index contributed by atoms with van der Waals surface area (Å²) in [7, 11) is 0. The third-order valence-corrected chi connectivity index (χ3v) is 5.51. The Labute approximate surface area is 179 Å². The number of pyridine rings is 1. The van der Waals surface area contributed by atoms with Gasteiger partial charge in [-0.25, -0.2) is 0 Å². The lowest BCUT2D eigenvalue weighted by Gasteiger charge is -2.14. The van der Waals surface area contributed by atoms with E-state index in [0.717, 1.165) is 16.8 Å². The molecule has 2 heterocycles. The molecule has 0 aliphatic heterocycles. The van der Waals surface area contributed by atoms with Crippen LogP contribution in [-0.2, 0) is 4.79 Å². The maximum atomic E-state index is 12.5. The smallest absolute Gasteiger partial charge is 0.230 e. The second kappa shape index (κ2) is 9.37. The SMILES string of the molecule is C[C@H](NC(=O)CSc1nnc(-c2cccnc2)n1-c1ccccc1)c1ccccc1. The Morgan fingerprint density at radius 3 is 2.43 bits per heavy atom. The first kappa shape index (κ1) is 19.8. The molecule has 2 aromatic heterocycles. The van der Waals surface area contributed by atoms with Gasteiger partial charge in [-0.2, -0.15) is 0 Å². The number of rotatable bonds is 7. The van der Waals surface area contributed by atoms with E-state index in [9.17, 15) is 4.79 Å². The number of amides is 1. The quantitative estimate of drug-likeness (QED) is 0.456. The maximum absolute atomic E-state index is 12.5. The third-order valence-electron chi connectivity index (χ3n) is 4.58. The first-order valence-electron chi connectivity index (χ1n) is 9.60. The molecule has 4 aromatic rings. The third kappa shape index (κ3) is 4.58. The summed E-state index contributed by atoms with van der Waals surface area (Å²) in [5.41, 5.74) is 2.87. The van der Waals surface area contributed by atoms with Gasteiger partial charge in [0.1, 0.15) is 0 Å². The molecule has 1 N–H and O–H groups in total. The molecular formula is C23H21N5OS. The fraction of sp³-hybridized carbons (Fsp3) is 0.130. The van der Waals surface area contributed by atoms with E-state index in [4.69, 9.17) is 0 Å². The molecule has 0 unspecified atom stereocenters. The van der Waals surface area contributed by atoms with Crippen LogP contribution in [0.25, 0.3) is 17.1 Å². The molecule has 0 aliphatic rings. The van der Waals surface area contributed by atoms with Crippen molar-refractivity contribution in [2.75, 3.05) is 5.75 Å². The summed E-state index contributed by atoms with van der Waals surface area (Å²) in [6.45, 7) is 1.98. The molecule has 0 fully saturated rings. The molecular weight excluding hydrogens is 394 g/mol. The number of nitrogens with one attached hydrogen (secondary N) is 1. The molecule has 1 atom stereocenters. The second-order valence-electron chi connectivity index (χ2n) is 6.71. The highest BCUT2D eigenvalue weighted by molar-refractivity contribution is 7.99. The van der Waals surface area contributed by atoms with Crippen LogP contribution in [-0.4, -0.2) is 31.4 Å². The molecule has 0 spiro atoms. The van der Waals surface area contributed by atoms with Gasteiger partial charge in [0.25, 0.3) is 0 Å². The number of benzene rings is 2. The van der Waals surface area contributed by atoms with Gasteiger partial charge in [-0.15, -0.1) is 10.2 Å². The van der Waals surface area contributed by atoms with E-state index in [1.54, 1.807) is 12.4 Å². The highest BCUT2D eigenvalue weighted by Crippen LogP contribution is 2.27. The van der Waals surface area contributed by atoms with Crippen molar-refractivity contribution in [3.8, 4) is 17.1 Å². The lowest BCUT2D eigenvalue weighted by Crippen LogP contribution is -2.28. The summed E-state index contributed by atoms with van der Waals surface area (Å²) in [4.78, 5) is 16.7. The number of carbonyl (C=O) groups excluding carboxylic acids is 1. The minimum atomic E-state index is -0.0581. The molecule has 0 aliphatic carbocycles. The minimum Gasteiger partial charge on any atom is -0.349 e. The Kier molecular flexibility index (Phi) is 6.20. The van der Waals surface area contributed by atoms with Crippen molar-refractivity contribution in [3.63, 3.8) is 0 Å². The molecule has 2 aromatic carbocycles. The highest BCUT2D eigenvalue weighted by Gasteiger charge is 2.18. The van der Waals surface area contributed by atoms with Crippen molar-refractivity contribution < 1.29 is 4.79 Å². The highest BCUT2D eigenvalue weighted by atomic mass is 32.2. The summed E-state index contributed by atoms with van der Waals surface area (Å²) in [6, 6.07) is 23.5. The van der Waals surface area contributed by atoms with Crippen LogP contribution >= 0.6 is 11.8 Å². The molecule has 7 heteroatoms. The summed E-state index contributed by atoms with van der Waals surface area (Å²) >= 11 is 1.36. The molecule has 4 rings (SSSR count). The zero-order chi connectivity index (χ0) is 20.8. The van der Waals surface area contributed by atoms with Crippen molar-refractivity contribution in [2.24, 2.45) is 0 Å². The van der Waals surface area contributed by atoms with E-state index < -0.39 is 0 Å². The molecule has 0 bridgehead atoms. The number of para-hydroxylation sites is 1. The Morgan fingerprint density at radius 1 is 1.00 bits per heavy atom. The van der Waals surface area contributed by atoms with Gasteiger partial charge in [0.2, 0.25) is 5.91 Å². The Hall–Kier alpha value is -3.45. The molecule has 0 radical (unpaired) electrons. The first-order valence-corrected chi connectivity index (χ1v) is 10.6. The summed E-state index contributed by atoms with van der Waals surface area (Å²) in [5.74, 6) is 0.881. The van der Waals surface area contributed by atoms with Crippen LogP contribution in [0.2, 0.25) is 0 Å². The Bertz CT molecular complexity index is 1100. The van der Waals surface area contributed by atoms with Crippen LogP contribution in [0, 0.1) is 0 Å². The van der Waals surface area contributed by atoms with Crippen LogP contribution < -0.4 is 5.32 Å². The largest absolute Gasteiger partial charge is 0.349 e. The number of carbonyl (C=O) groups is 1. The van der Waals surface area contributed by atoms with Crippen molar-refractivity contribution in [1.29, 1.82) is 0 Å². The Morgan fingerprint density at radius 2 is 1.73 bits per heavy atom. The van der Waals surface area contributed by atoms with Gasteiger partial charge in [-0.05, 0) is 36.8 Å². The number of hydrogen-bond donors (Lipinski definition) is 1. The number of hydrogen-bond acceptors (Lipinski definition) is 5. The van der Waals surface area contributed by atoms with Gasteiger partial charge in [-0.3, -0.25) is 14.3 Å². The van der Waals surface area contributed by atoms with Crippen LogP contribution in [0.4, 0.5) is 0 Å². The molecule has 30 heavy (non-hydrogen) atoms. The summed E-state index contributed by atoms with van der Waals surface area (Å²) < 4.78 is 1.95. The zero-order valence-electron chi connectivity index (χ0n) is 16.5. The fourth-order valence-electron chi connectivity index (χ4n) is 3.09. The fourth-order valence-corrected chi connectivity index (χ4v) is 3.86. The Balaban J connectivity index is 1.53. The van der Waals surface area contributed by atoms with Crippen molar-refractivity contribution in [1.82, 2.24) is 25.1 Å². The van der Waals surface area contributed by atoms with Gasteiger partial charge < -0.3 is 5.32 Å². The van der Waals surface area contributed by atoms with Crippen molar-refractivity contribution in [3.05, 3.63) is 90.8 Å². The number of aromatic nitrogens is 4. The average molecular weight is 416 g/mol. The lowest BCUT2D eigenvalue weighted by molar-refractivity contribution is -0.119. The predicted molar refractivity (Wildman–Crippen MR) is 118 cm³/mol. The molecule has 150 valence electrons. The molecule has 0 saturated heterocycles. The van der Waals surface area contributed by atoms with E-state index in [1.165, 1.54) is 11.8 Å². The normalized spacial score (nSPS) is 11.8. The lowest BCUT2D eigenvalue weighted by atomic mass is 10.1. The standard InChI is InChI=1S/C23H21N5OS/c1-17(18-9-4-2-5-10-18)25-21(29)16-30-23-27-26-22(19-11-8-14-24-15-19)28(23)20-12-6-3-7-13-20/h2-15,17H,16H2,1H3,(H,25,29)/t17-/m0/s1. The van der Waals surface area contributed by atoms with E-state index in [2.05, 4.69) is 20.5 Å². The number of thioether (sulfide) groups is 1. The van der Waals surface area contributed by atoms with E-state index >= 15 is 0 Å². The minimum absolute atomic E-state index is 0.0538. The molecule has 1 amide bonds. The monoisotopic (exact) mass is 415 g/mol. The number of nitrogens with zero attached hydrogens (tertiary/aromatic N) is 4. The molecule has 0 saturated carbocycles. The van der Waals surface area contributed by atoms with Gasteiger partial charge in [0.05, 0.1) is 11.8 Å². The van der Waals surface area contributed by atoms with Crippen LogP contribution in [0.5, 0.6) is 0 Å². The topological polar surface area (TPSA) is 72.7 Å². The van der Waals surface area contributed by atoms with E-state index in [1.807, 2.05) is 84.3 Å². The van der Waals surface area contributed by atoms with Gasteiger partial charge in [-0.1, -0.05) is 60.3 Å². The zero-order valence-corrected chi connectivity index (χ0v) is 17.3. The van der Waals surface area contributed by atoms with Crippen molar-refractivity contribution >= 4 is 17.7 Å². The van der Waals surface area contributed by atoms with Crippen molar-refractivity contribution in [2.45, 2.75) is 18.1 Å². The van der Waals surface area contributed by atoms with E-state index in [-0.39, 0.29) is 17.7 Å². The maximum Gasteiger partial charge on any atom is 0.230 e. The van der Waals surface area contributed by atoms with Crippen LogP contribution in [0.3, 0.4) is 0 Å². The summed E-state index contributed by atoms with van der Waals surface area (Å²) in [6.07, 6.45) is 3.48. The average Bonchev–Trinajstić information content (AvgIpc) is 3.23. The van der Waals surface area contributed by atoms with Gasteiger partial charge >= 0.3 is 0 Å². The molecule has 6 nitrogen and oxygen atoms in total. The first-order chi connectivity index (χ1) is 14.7. The van der Waals surface area contributed by atoms with Crippen LogP contribution in [0.1, 0.15) is 18.5 Å². The predicted octanol–water partition coefficient (Wildman–Crippen LogP) is 4.30. The van der Waals surface area contributed by atoms with Crippen LogP contribution in [0.15, 0.2) is 90.3 Å². The van der Waals surface area contributed by atoms with Gasteiger partial charge in [0.15, 0.2) is 11.0 Å². The second-order valence-corrected chi connectivity index (χ2v) is 7.65. The van der Waals surface area contributed by atoms with Gasteiger partial charge in [0, 0.05) is 23.6 Å². The van der Waals surface area contributed by atoms with E-state index in [0.29, 0.717) is 11.0 Å². The summed E-state index contributed by atoms with van der Waals surface area (Å²) in [5, 5.41) is 12.4.